The van der Waals surface area contributed by atoms with Gasteiger partial charge in [0.1, 0.15) is 23.0 Å². The Kier molecular flexibility index (Phi) is 4.53. The van der Waals surface area contributed by atoms with E-state index in [1.54, 1.807) is 0 Å². The summed E-state index contributed by atoms with van der Waals surface area (Å²) in [5.74, 6) is 3.07. The van der Waals surface area contributed by atoms with Gasteiger partial charge >= 0.3 is 0 Å². The lowest BCUT2D eigenvalue weighted by molar-refractivity contribution is 0.469. The van der Waals surface area contributed by atoms with Gasteiger partial charge in [-0.25, -0.2) is 4.98 Å². The maximum absolute atomic E-state index is 5.88. The van der Waals surface area contributed by atoms with E-state index in [2.05, 4.69) is 4.98 Å². The van der Waals surface area contributed by atoms with Crippen molar-refractivity contribution in [2.24, 2.45) is 0 Å². The third-order valence-corrected chi connectivity index (χ3v) is 4.38. The van der Waals surface area contributed by atoms with Crippen LogP contribution in [0.25, 0.3) is 11.3 Å². The van der Waals surface area contributed by atoms with Crippen LogP contribution in [-0.4, -0.2) is 4.98 Å². The number of rotatable bonds is 5. The van der Waals surface area contributed by atoms with Crippen LogP contribution in [0, 0.1) is 0 Å². The molecule has 1 aromatic heterocycles. The fraction of sp³-hybridized carbons (Fsp3) is 0. The van der Waals surface area contributed by atoms with Crippen LogP contribution in [0.1, 0.15) is 0 Å². The Bertz CT molecular complexity index is 981. The van der Waals surface area contributed by atoms with E-state index in [1.807, 2.05) is 84.2 Å². The summed E-state index contributed by atoms with van der Waals surface area (Å²) < 4.78 is 11.7. The third kappa shape index (κ3) is 3.84. The van der Waals surface area contributed by atoms with E-state index in [4.69, 9.17) is 15.2 Å². The summed E-state index contributed by atoms with van der Waals surface area (Å²) in [6, 6.07) is 25.0. The Balaban J connectivity index is 1.42. The minimum Gasteiger partial charge on any atom is -0.457 e. The van der Waals surface area contributed by atoms with E-state index < -0.39 is 0 Å². The van der Waals surface area contributed by atoms with Crippen molar-refractivity contribution < 1.29 is 9.47 Å². The first kappa shape index (κ1) is 16.2. The van der Waals surface area contributed by atoms with Gasteiger partial charge in [0.25, 0.3) is 0 Å². The van der Waals surface area contributed by atoms with E-state index in [-0.39, 0.29) is 0 Å². The molecule has 0 unspecified atom stereocenters. The molecule has 0 fully saturated rings. The number of hydrogen-bond acceptors (Lipinski definition) is 5. The van der Waals surface area contributed by atoms with Crippen LogP contribution in [0.4, 0.5) is 5.13 Å². The van der Waals surface area contributed by atoms with Gasteiger partial charge in [0.2, 0.25) is 0 Å². The highest BCUT2D eigenvalue weighted by atomic mass is 32.1. The van der Waals surface area contributed by atoms with Gasteiger partial charge in [-0.3, -0.25) is 0 Å². The minimum atomic E-state index is 0.568. The van der Waals surface area contributed by atoms with E-state index in [0.29, 0.717) is 5.13 Å². The van der Waals surface area contributed by atoms with Gasteiger partial charge in [0.15, 0.2) is 5.13 Å². The fourth-order valence-electron chi connectivity index (χ4n) is 2.45. The van der Waals surface area contributed by atoms with E-state index in [0.717, 1.165) is 34.3 Å². The van der Waals surface area contributed by atoms with Crippen LogP contribution in [-0.2, 0) is 0 Å². The Labute approximate surface area is 155 Å². The molecule has 0 spiro atoms. The SMILES string of the molecule is Nc1nc(-c2ccc(Oc3ccc(Oc4ccccc4)cc3)cc2)cs1. The van der Waals surface area contributed by atoms with Crippen LogP contribution in [0.3, 0.4) is 0 Å². The highest BCUT2D eigenvalue weighted by Gasteiger charge is 2.04. The number of nitrogens with two attached hydrogens (primary N) is 1. The number of anilines is 1. The highest BCUT2D eigenvalue weighted by Crippen LogP contribution is 2.29. The summed E-state index contributed by atoms with van der Waals surface area (Å²) >= 11 is 1.43. The van der Waals surface area contributed by atoms with Crippen LogP contribution in [0.5, 0.6) is 23.0 Å². The molecule has 4 aromatic rings. The van der Waals surface area contributed by atoms with Crippen molar-refractivity contribution in [3.8, 4) is 34.3 Å². The summed E-state index contributed by atoms with van der Waals surface area (Å²) in [6.07, 6.45) is 0. The van der Waals surface area contributed by atoms with Crippen molar-refractivity contribution in [3.05, 3.63) is 84.2 Å². The molecular formula is C21H16N2O2S. The van der Waals surface area contributed by atoms with E-state index >= 15 is 0 Å². The van der Waals surface area contributed by atoms with Crippen LogP contribution >= 0.6 is 11.3 Å². The molecule has 0 aliphatic carbocycles. The molecule has 26 heavy (non-hydrogen) atoms. The fourth-order valence-corrected chi connectivity index (χ4v) is 3.02. The van der Waals surface area contributed by atoms with Crippen molar-refractivity contribution in [1.82, 2.24) is 4.98 Å². The van der Waals surface area contributed by atoms with Crippen LogP contribution < -0.4 is 15.2 Å². The molecule has 2 N–H and O–H groups in total. The first-order valence-electron chi connectivity index (χ1n) is 8.08. The van der Waals surface area contributed by atoms with Crippen LogP contribution in [0.15, 0.2) is 84.2 Å². The second-order valence-electron chi connectivity index (χ2n) is 5.58. The van der Waals surface area contributed by atoms with Crippen molar-refractivity contribution in [1.29, 1.82) is 0 Å². The molecule has 4 rings (SSSR count). The zero-order valence-electron chi connectivity index (χ0n) is 13.8. The van der Waals surface area contributed by atoms with Crippen molar-refractivity contribution in [3.63, 3.8) is 0 Å². The number of ether oxygens (including phenoxy) is 2. The number of benzene rings is 3. The predicted molar refractivity (Wildman–Crippen MR) is 105 cm³/mol. The number of hydrogen-bond donors (Lipinski definition) is 1. The standard InChI is InChI=1S/C21H16N2O2S/c22-21-23-20(14-26-21)15-6-8-17(9-7-15)25-19-12-10-18(11-13-19)24-16-4-2-1-3-5-16/h1-14H,(H2,22,23). The largest absolute Gasteiger partial charge is 0.457 e. The van der Waals surface area contributed by atoms with Gasteiger partial charge in [0.05, 0.1) is 5.69 Å². The Hall–Kier alpha value is -3.31. The molecule has 3 aromatic carbocycles. The summed E-state index contributed by atoms with van der Waals surface area (Å²) in [4.78, 5) is 4.28. The van der Waals surface area contributed by atoms with Crippen molar-refractivity contribution in [2.45, 2.75) is 0 Å². The summed E-state index contributed by atoms with van der Waals surface area (Å²) in [6.45, 7) is 0. The molecule has 128 valence electrons. The Morgan fingerprint density at radius 2 is 1.15 bits per heavy atom. The first-order chi connectivity index (χ1) is 12.8. The first-order valence-corrected chi connectivity index (χ1v) is 8.96. The predicted octanol–water partition coefficient (Wildman–Crippen LogP) is 5.98. The van der Waals surface area contributed by atoms with Gasteiger partial charge in [0, 0.05) is 10.9 Å². The number of nitrogens with zero attached hydrogens (tertiary/aromatic N) is 1. The lowest BCUT2D eigenvalue weighted by atomic mass is 10.2. The van der Waals surface area contributed by atoms with E-state index in [9.17, 15) is 0 Å². The zero-order valence-corrected chi connectivity index (χ0v) is 14.6. The van der Waals surface area contributed by atoms with Gasteiger partial charge in [-0.15, -0.1) is 11.3 Å². The Morgan fingerprint density at radius 1 is 0.654 bits per heavy atom. The van der Waals surface area contributed by atoms with Gasteiger partial charge < -0.3 is 15.2 Å². The molecule has 0 radical (unpaired) electrons. The van der Waals surface area contributed by atoms with Crippen molar-refractivity contribution in [2.75, 3.05) is 5.73 Å². The molecule has 5 heteroatoms. The van der Waals surface area contributed by atoms with Gasteiger partial charge in [-0.05, 0) is 60.7 Å². The average Bonchev–Trinajstić information content (AvgIpc) is 3.11. The number of nitrogen functional groups attached to an aromatic ring is 1. The molecule has 0 saturated heterocycles. The number of thiazole rings is 1. The molecule has 1 heterocycles. The summed E-state index contributed by atoms with van der Waals surface area (Å²) in [5.41, 5.74) is 7.57. The smallest absolute Gasteiger partial charge is 0.180 e. The normalized spacial score (nSPS) is 10.5. The molecular weight excluding hydrogens is 344 g/mol. The van der Waals surface area contributed by atoms with Gasteiger partial charge in [-0.1, -0.05) is 18.2 Å². The molecule has 0 atom stereocenters. The minimum absolute atomic E-state index is 0.568. The number of aromatic nitrogens is 1. The zero-order chi connectivity index (χ0) is 17.8. The quantitative estimate of drug-likeness (QED) is 0.476. The lowest BCUT2D eigenvalue weighted by Gasteiger charge is -2.08. The number of para-hydroxylation sites is 1. The van der Waals surface area contributed by atoms with Crippen molar-refractivity contribution >= 4 is 16.5 Å². The topological polar surface area (TPSA) is 57.4 Å². The maximum Gasteiger partial charge on any atom is 0.180 e. The Morgan fingerprint density at radius 3 is 1.65 bits per heavy atom. The summed E-state index contributed by atoms with van der Waals surface area (Å²) in [7, 11) is 0. The summed E-state index contributed by atoms with van der Waals surface area (Å²) in [5, 5.41) is 2.51. The maximum atomic E-state index is 5.88. The van der Waals surface area contributed by atoms with Crippen LogP contribution in [0.2, 0.25) is 0 Å². The highest BCUT2D eigenvalue weighted by molar-refractivity contribution is 7.13. The lowest BCUT2D eigenvalue weighted by Crippen LogP contribution is -1.87. The second kappa shape index (κ2) is 7.29. The van der Waals surface area contributed by atoms with Gasteiger partial charge in [-0.2, -0.15) is 0 Å². The monoisotopic (exact) mass is 360 g/mol. The third-order valence-electron chi connectivity index (χ3n) is 3.71. The molecule has 0 saturated carbocycles. The molecule has 0 amide bonds. The molecule has 0 aliphatic rings. The average molecular weight is 360 g/mol. The second-order valence-corrected chi connectivity index (χ2v) is 6.47. The molecule has 0 aliphatic heterocycles. The molecule has 4 nitrogen and oxygen atoms in total. The molecule has 0 bridgehead atoms. The van der Waals surface area contributed by atoms with E-state index in [1.165, 1.54) is 11.3 Å².